The van der Waals surface area contributed by atoms with Gasteiger partial charge in [0, 0.05) is 16.5 Å². The second-order valence-corrected chi connectivity index (χ2v) is 5.20. The number of carbonyl (C=O) groups is 1. The van der Waals surface area contributed by atoms with E-state index in [1.54, 1.807) is 18.2 Å². The van der Waals surface area contributed by atoms with Gasteiger partial charge < -0.3 is 10.4 Å². The monoisotopic (exact) mass is 277 g/mol. The molecule has 0 bridgehead atoms. The van der Waals surface area contributed by atoms with Gasteiger partial charge in [-0.15, -0.1) is 0 Å². The molecule has 1 saturated carbocycles. The van der Waals surface area contributed by atoms with Gasteiger partial charge in [0.1, 0.15) is 6.61 Å². The number of anilines is 1. The van der Waals surface area contributed by atoms with Crippen LogP contribution in [0.3, 0.4) is 0 Å². The van der Waals surface area contributed by atoms with Crippen LogP contribution >= 0.6 is 11.6 Å². The molecule has 0 aromatic heterocycles. The summed E-state index contributed by atoms with van der Waals surface area (Å²) >= 11 is 5.94. The van der Waals surface area contributed by atoms with Crippen molar-refractivity contribution in [3.05, 3.63) is 28.8 Å². The average Bonchev–Trinajstić information content (AvgIpc) is 3.21. The standard InChI is InChI=1S/C15H16ClNO2/c1-10(11-4-5-11)15(19)17-14-9-13(16)7-6-12(14)3-2-8-18/h6-7,9-11,18H,4-5,8H2,1H3,(H,17,19). The molecule has 1 aliphatic rings. The van der Waals surface area contributed by atoms with Gasteiger partial charge in [0.15, 0.2) is 0 Å². The van der Waals surface area contributed by atoms with E-state index < -0.39 is 0 Å². The van der Waals surface area contributed by atoms with Crippen LogP contribution in [-0.4, -0.2) is 17.6 Å². The second kappa shape index (κ2) is 6.10. The van der Waals surface area contributed by atoms with E-state index in [9.17, 15) is 4.79 Å². The summed E-state index contributed by atoms with van der Waals surface area (Å²) in [4.78, 5) is 12.1. The molecule has 2 rings (SSSR count). The second-order valence-electron chi connectivity index (χ2n) is 4.77. The van der Waals surface area contributed by atoms with E-state index in [4.69, 9.17) is 16.7 Å². The predicted octanol–water partition coefficient (Wildman–Crippen LogP) is 2.67. The predicted molar refractivity (Wildman–Crippen MR) is 75.9 cm³/mol. The van der Waals surface area contributed by atoms with E-state index in [-0.39, 0.29) is 18.4 Å². The summed E-state index contributed by atoms with van der Waals surface area (Å²) in [5, 5.41) is 12.2. The first-order valence-electron chi connectivity index (χ1n) is 6.32. The maximum absolute atomic E-state index is 12.1. The molecule has 19 heavy (non-hydrogen) atoms. The van der Waals surface area contributed by atoms with Gasteiger partial charge in [-0.05, 0) is 37.0 Å². The van der Waals surface area contributed by atoms with Gasteiger partial charge in [-0.25, -0.2) is 0 Å². The summed E-state index contributed by atoms with van der Waals surface area (Å²) < 4.78 is 0. The number of hydrogen-bond donors (Lipinski definition) is 2. The van der Waals surface area contributed by atoms with Crippen molar-refractivity contribution in [2.75, 3.05) is 11.9 Å². The molecular formula is C15H16ClNO2. The molecule has 0 spiro atoms. The summed E-state index contributed by atoms with van der Waals surface area (Å²) in [7, 11) is 0. The minimum absolute atomic E-state index is 0.00295. The molecule has 100 valence electrons. The van der Waals surface area contributed by atoms with Crippen LogP contribution in [0.5, 0.6) is 0 Å². The van der Waals surface area contributed by atoms with Crippen molar-refractivity contribution in [1.29, 1.82) is 0 Å². The first-order chi connectivity index (χ1) is 9.11. The number of carbonyl (C=O) groups excluding carboxylic acids is 1. The third kappa shape index (κ3) is 3.73. The molecule has 4 heteroatoms. The van der Waals surface area contributed by atoms with Crippen LogP contribution in [-0.2, 0) is 4.79 Å². The first kappa shape index (κ1) is 13.9. The van der Waals surface area contributed by atoms with Crippen LogP contribution in [0.1, 0.15) is 25.3 Å². The normalized spacial score (nSPS) is 15.3. The largest absolute Gasteiger partial charge is 0.384 e. The Hall–Kier alpha value is -1.50. The molecule has 0 saturated heterocycles. The van der Waals surface area contributed by atoms with E-state index in [0.717, 1.165) is 12.8 Å². The van der Waals surface area contributed by atoms with Gasteiger partial charge in [0.25, 0.3) is 0 Å². The minimum atomic E-state index is -0.214. The van der Waals surface area contributed by atoms with Crippen molar-refractivity contribution in [3.63, 3.8) is 0 Å². The van der Waals surface area contributed by atoms with Crippen LogP contribution in [0, 0.1) is 23.7 Å². The van der Waals surface area contributed by atoms with Gasteiger partial charge in [-0.2, -0.15) is 0 Å². The summed E-state index contributed by atoms with van der Waals surface area (Å²) in [6.07, 6.45) is 2.25. The van der Waals surface area contributed by atoms with E-state index >= 15 is 0 Å². The highest BCUT2D eigenvalue weighted by Crippen LogP contribution is 2.37. The molecule has 0 aliphatic heterocycles. The van der Waals surface area contributed by atoms with Crippen molar-refractivity contribution in [2.24, 2.45) is 11.8 Å². The highest BCUT2D eigenvalue weighted by Gasteiger charge is 2.32. The number of hydrogen-bond acceptors (Lipinski definition) is 2. The Morgan fingerprint density at radius 3 is 2.95 bits per heavy atom. The van der Waals surface area contributed by atoms with E-state index in [2.05, 4.69) is 17.2 Å². The van der Waals surface area contributed by atoms with Crippen LogP contribution in [0.4, 0.5) is 5.69 Å². The number of halogens is 1. The van der Waals surface area contributed by atoms with Crippen molar-refractivity contribution < 1.29 is 9.90 Å². The van der Waals surface area contributed by atoms with Crippen LogP contribution in [0.2, 0.25) is 5.02 Å². The van der Waals surface area contributed by atoms with Crippen LogP contribution in [0.25, 0.3) is 0 Å². The highest BCUT2D eigenvalue weighted by molar-refractivity contribution is 6.31. The highest BCUT2D eigenvalue weighted by atomic mass is 35.5. The Bertz CT molecular complexity index is 541. The Morgan fingerprint density at radius 2 is 2.32 bits per heavy atom. The number of amides is 1. The van der Waals surface area contributed by atoms with Crippen LogP contribution in [0.15, 0.2) is 18.2 Å². The smallest absolute Gasteiger partial charge is 0.227 e. The number of aliphatic hydroxyl groups is 1. The molecule has 0 heterocycles. The Kier molecular flexibility index (Phi) is 4.47. The summed E-state index contributed by atoms with van der Waals surface area (Å²) in [6, 6.07) is 5.13. The van der Waals surface area contributed by atoms with E-state index in [0.29, 0.717) is 22.2 Å². The fourth-order valence-corrected chi connectivity index (χ4v) is 2.09. The SMILES string of the molecule is CC(C(=O)Nc1cc(Cl)ccc1C#CCO)C1CC1. The maximum Gasteiger partial charge on any atom is 0.227 e. The molecule has 1 aromatic rings. The van der Waals surface area contributed by atoms with Gasteiger partial charge in [0.05, 0.1) is 5.69 Å². The lowest BCUT2D eigenvalue weighted by Crippen LogP contribution is -2.22. The van der Waals surface area contributed by atoms with Gasteiger partial charge >= 0.3 is 0 Å². The molecule has 1 atom stereocenters. The first-order valence-corrected chi connectivity index (χ1v) is 6.69. The summed E-state index contributed by atoms with van der Waals surface area (Å²) in [6.45, 7) is 1.73. The Morgan fingerprint density at radius 1 is 1.58 bits per heavy atom. The number of nitrogens with one attached hydrogen (secondary N) is 1. The summed E-state index contributed by atoms with van der Waals surface area (Å²) in [5.74, 6) is 5.89. The summed E-state index contributed by atoms with van der Waals surface area (Å²) in [5.41, 5.74) is 1.26. The molecule has 2 N–H and O–H groups in total. The Balaban J connectivity index is 2.17. The van der Waals surface area contributed by atoms with Crippen molar-refractivity contribution >= 4 is 23.2 Å². The molecule has 1 unspecified atom stereocenters. The zero-order valence-electron chi connectivity index (χ0n) is 10.7. The zero-order chi connectivity index (χ0) is 13.8. The molecule has 1 aromatic carbocycles. The molecular weight excluding hydrogens is 262 g/mol. The molecule has 1 fully saturated rings. The topological polar surface area (TPSA) is 49.3 Å². The van der Waals surface area contributed by atoms with Crippen molar-refractivity contribution in [3.8, 4) is 11.8 Å². The lowest BCUT2D eigenvalue weighted by atomic mass is 10.1. The molecule has 0 radical (unpaired) electrons. The quantitative estimate of drug-likeness (QED) is 0.835. The molecule has 3 nitrogen and oxygen atoms in total. The maximum atomic E-state index is 12.1. The molecule has 1 amide bonds. The third-order valence-electron chi connectivity index (χ3n) is 3.28. The fourth-order valence-electron chi connectivity index (χ4n) is 1.92. The van der Waals surface area contributed by atoms with Gasteiger partial charge in [-0.1, -0.05) is 30.4 Å². The number of aliphatic hydroxyl groups excluding tert-OH is 1. The van der Waals surface area contributed by atoms with Crippen molar-refractivity contribution in [1.82, 2.24) is 0 Å². The zero-order valence-corrected chi connectivity index (χ0v) is 11.5. The number of rotatable bonds is 3. The van der Waals surface area contributed by atoms with Crippen molar-refractivity contribution in [2.45, 2.75) is 19.8 Å². The third-order valence-corrected chi connectivity index (χ3v) is 3.52. The number of benzene rings is 1. The fraction of sp³-hybridized carbons (Fsp3) is 0.400. The average molecular weight is 278 g/mol. The molecule has 1 aliphatic carbocycles. The van der Waals surface area contributed by atoms with Gasteiger partial charge in [0.2, 0.25) is 5.91 Å². The lowest BCUT2D eigenvalue weighted by molar-refractivity contribution is -0.119. The van der Waals surface area contributed by atoms with E-state index in [1.807, 2.05) is 6.92 Å². The lowest BCUT2D eigenvalue weighted by Gasteiger charge is -2.12. The van der Waals surface area contributed by atoms with Gasteiger partial charge in [-0.3, -0.25) is 4.79 Å². The minimum Gasteiger partial charge on any atom is -0.384 e. The van der Waals surface area contributed by atoms with E-state index in [1.165, 1.54) is 0 Å². The van der Waals surface area contributed by atoms with Crippen LogP contribution < -0.4 is 5.32 Å². The Labute approximate surface area is 118 Å².